The van der Waals surface area contributed by atoms with Crippen LogP contribution in [0.3, 0.4) is 0 Å². The Morgan fingerprint density at radius 3 is 2.45 bits per heavy atom. The fraction of sp³-hybridized carbons (Fsp3) is 0.188. The molecule has 0 amide bonds. The van der Waals surface area contributed by atoms with Gasteiger partial charge < -0.3 is 10.6 Å². The normalized spacial score (nSPS) is 10.1. The summed E-state index contributed by atoms with van der Waals surface area (Å²) < 4.78 is 0. The van der Waals surface area contributed by atoms with E-state index in [-0.39, 0.29) is 5.69 Å². The van der Waals surface area contributed by atoms with Crippen LogP contribution < -0.4 is 10.6 Å². The average molecular weight is 315 g/mol. The van der Waals surface area contributed by atoms with Crippen molar-refractivity contribution in [2.45, 2.75) is 20.3 Å². The number of hydrogen-bond donors (Lipinski definition) is 2. The Labute approximate surface area is 134 Å². The van der Waals surface area contributed by atoms with Crippen LogP contribution in [0.1, 0.15) is 18.1 Å². The summed E-state index contributed by atoms with van der Waals surface area (Å²) >= 11 is 5.21. The van der Waals surface area contributed by atoms with E-state index in [0.717, 1.165) is 17.7 Å². The molecule has 6 heteroatoms. The van der Waals surface area contributed by atoms with E-state index >= 15 is 0 Å². The van der Waals surface area contributed by atoms with Gasteiger partial charge in [-0.25, -0.2) is 0 Å². The van der Waals surface area contributed by atoms with Crippen molar-refractivity contribution in [3.05, 3.63) is 63.7 Å². The lowest BCUT2D eigenvalue weighted by atomic mass is 10.1. The highest BCUT2D eigenvalue weighted by molar-refractivity contribution is 7.80. The van der Waals surface area contributed by atoms with Crippen molar-refractivity contribution in [3.8, 4) is 0 Å². The SMILES string of the molecule is CCc1ccc(NC(=S)Nc2ccc(C)cc2[N+](=O)[O-])cc1. The molecule has 22 heavy (non-hydrogen) atoms. The molecular formula is C16H17N3O2S. The van der Waals surface area contributed by atoms with Crippen LogP contribution in [0.5, 0.6) is 0 Å². The zero-order valence-corrected chi connectivity index (χ0v) is 13.2. The second-order valence-corrected chi connectivity index (χ2v) is 5.32. The molecular weight excluding hydrogens is 298 g/mol. The topological polar surface area (TPSA) is 67.2 Å². The molecule has 5 nitrogen and oxygen atoms in total. The Morgan fingerprint density at radius 2 is 1.86 bits per heavy atom. The summed E-state index contributed by atoms with van der Waals surface area (Å²) in [5.74, 6) is 0. The van der Waals surface area contributed by atoms with Gasteiger partial charge >= 0.3 is 0 Å². The number of nitro groups is 1. The molecule has 0 aromatic heterocycles. The Bertz CT molecular complexity index is 699. The van der Waals surface area contributed by atoms with Crippen LogP contribution in [-0.2, 0) is 6.42 Å². The summed E-state index contributed by atoms with van der Waals surface area (Å²) in [5.41, 5.74) is 3.28. The van der Waals surface area contributed by atoms with Gasteiger partial charge in [0.1, 0.15) is 5.69 Å². The summed E-state index contributed by atoms with van der Waals surface area (Å²) in [6.45, 7) is 3.90. The van der Waals surface area contributed by atoms with Crippen molar-refractivity contribution in [1.29, 1.82) is 0 Å². The Morgan fingerprint density at radius 1 is 1.18 bits per heavy atom. The highest BCUT2D eigenvalue weighted by atomic mass is 32.1. The molecule has 114 valence electrons. The molecule has 0 spiro atoms. The van der Waals surface area contributed by atoms with Crippen molar-refractivity contribution in [3.63, 3.8) is 0 Å². The van der Waals surface area contributed by atoms with E-state index in [0.29, 0.717) is 10.8 Å². The average Bonchev–Trinajstić information content (AvgIpc) is 2.49. The lowest BCUT2D eigenvalue weighted by Gasteiger charge is -2.11. The van der Waals surface area contributed by atoms with Crippen LogP contribution in [0.4, 0.5) is 17.1 Å². The molecule has 0 aliphatic rings. The third-order valence-electron chi connectivity index (χ3n) is 3.22. The minimum absolute atomic E-state index is 0.00507. The molecule has 0 atom stereocenters. The first-order valence-corrected chi connectivity index (χ1v) is 7.32. The summed E-state index contributed by atoms with van der Waals surface area (Å²) in [6.07, 6.45) is 0.971. The number of hydrogen-bond acceptors (Lipinski definition) is 3. The van der Waals surface area contributed by atoms with E-state index in [1.807, 2.05) is 31.2 Å². The van der Waals surface area contributed by atoms with E-state index in [4.69, 9.17) is 12.2 Å². The van der Waals surface area contributed by atoms with E-state index in [2.05, 4.69) is 17.6 Å². The molecule has 0 fully saturated rings. The second-order valence-electron chi connectivity index (χ2n) is 4.91. The predicted octanol–water partition coefficient (Wildman–Crippen LogP) is 4.27. The van der Waals surface area contributed by atoms with Crippen molar-refractivity contribution < 1.29 is 4.92 Å². The van der Waals surface area contributed by atoms with Crippen molar-refractivity contribution in [2.75, 3.05) is 10.6 Å². The van der Waals surface area contributed by atoms with Crippen LogP contribution in [-0.4, -0.2) is 10.0 Å². The first-order valence-electron chi connectivity index (χ1n) is 6.91. The number of benzene rings is 2. The van der Waals surface area contributed by atoms with Gasteiger partial charge in [-0.15, -0.1) is 0 Å². The Balaban J connectivity index is 2.10. The standard InChI is InChI=1S/C16H17N3O2S/c1-3-12-5-7-13(8-6-12)17-16(22)18-14-9-4-11(2)10-15(14)19(20)21/h4-10H,3H2,1-2H3,(H2,17,18,22). The number of thiocarbonyl (C=S) groups is 1. The largest absolute Gasteiger partial charge is 0.332 e. The first kappa shape index (κ1) is 15.9. The molecule has 0 saturated heterocycles. The highest BCUT2D eigenvalue weighted by Crippen LogP contribution is 2.25. The zero-order chi connectivity index (χ0) is 16.1. The van der Waals surface area contributed by atoms with Gasteiger partial charge in [0.25, 0.3) is 5.69 Å². The van der Waals surface area contributed by atoms with Gasteiger partial charge in [-0.3, -0.25) is 10.1 Å². The van der Waals surface area contributed by atoms with Crippen LogP contribution in [0.2, 0.25) is 0 Å². The third kappa shape index (κ3) is 4.02. The molecule has 2 rings (SSSR count). The quantitative estimate of drug-likeness (QED) is 0.501. The molecule has 0 bridgehead atoms. The van der Waals surface area contributed by atoms with Crippen LogP contribution >= 0.6 is 12.2 Å². The van der Waals surface area contributed by atoms with Gasteiger partial charge in [-0.2, -0.15) is 0 Å². The van der Waals surface area contributed by atoms with Gasteiger partial charge in [0.05, 0.1) is 4.92 Å². The molecule has 0 heterocycles. The van der Waals surface area contributed by atoms with Crippen molar-refractivity contribution in [1.82, 2.24) is 0 Å². The number of nitrogens with zero attached hydrogens (tertiary/aromatic N) is 1. The maximum Gasteiger partial charge on any atom is 0.292 e. The van der Waals surface area contributed by atoms with E-state index in [1.165, 1.54) is 11.6 Å². The van der Waals surface area contributed by atoms with Crippen LogP contribution in [0.25, 0.3) is 0 Å². The van der Waals surface area contributed by atoms with Crippen LogP contribution in [0.15, 0.2) is 42.5 Å². The number of aryl methyl sites for hydroxylation is 2. The zero-order valence-electron chi connectivity index (χ0n) is 12.4. The van der Waals surface area contributed by atoms with E-state index in [1.54, 1.807) is 12.1 Å². The van der Waals surface area contributed by atoms with Crippen LogP contribution in [0, 0.1) is 17.0 Å². The van der Waals surface area contributed by atoms with Gasteiger partial charge in [-0.1, -0.05) is 25.1 Å². The fourth-order valence-corrected chi connectivity index (χ4v) is 2.23. The van der Waals surface area contributed by atoms with Gasteiger partial charge in [0.15, 0.2) is 5.11 Å². The maximum atomic E-state index is 11.1. The third-order valence-corrected chi connectivity index (χ3v) is 3.42. The molecule has 2 N–H and O–H groups in total. The van der Waals surface area contributed by atoms with E-state index < -0.39 is 4.92 Å². The Hall–Kier alpha value is -2.47. The van der Waals surface area contributed by atoms with Crippen molar-refractivity contribution in [2.24, 2.45) is 0 Å². The molecule has 0 aliphatic carbocycles. The molecule has 0 aliphatic heterocycles. The number of anilines is 2. The van der Waals surface area contributed by atoms with Gasteiger partial charge in [0, 0.05) is 11.8 Å². The lowest BCUT2D eigenvalue weighted by molar-refractivity contribution is -0.383. The molecule has 0 saturated carbocycles. The predicted molar refractivity (Wildman–Crippen MR) is 93.5 cm³/mol. The first-order chi connectivity index (χ1) is 10.5. The minimum atomic E-state index is -0.423. The van der Waals surface area contributed by atoms with E-state index in [9.17, 15) is 10.1 Å². The number of nitrogens with one attached hydrogen (secondary N) is 2. The maximum absolute atomic E-state index is 11.1. The number of nitro benzene ring substituents is 1. The molecule has 0 radical (unpaired) electrons. The van der Waals surface area contributed by atoms with Crippen molar-refractivity contribution >= 4 is 34.4 Å². The lowest BCUT2D eigenvalue weighted by Crippen LogP contribution is -2.19. The summed E-state index contributed by atoms with van der Waals surface area (Å²) in [6, 6.07) is 12.8. The number of rotatable bonds is 4. The Kier molecular flexibility index (Phi) is 5.06. The second kappa shape index (κ2) is 7.00. The highest BCUT2D eigenvalue weighted by Gasteiger charge is 2.14. The summed E-state index contributed by atoms with van der Waals surface area (Å²) in [4.78, 5) is 10.7. The molecule has 2 aromatic rings. The van der Waals surface area contributed by atoms with Gasteiger partial charge in [-0.05, 0) is 54.9 Å². The monoisotopic (exact) mass is 315 g/mol. The molecule has 2 aromatic carbocycles. The summed E-state index contributed by atoms with van der Waals surface area (Å²) in [5, 5.41) is 17.3. The van der Waals surface area contributed by atoms with Gasteiger partial charge in [0.2, 0.25) is 0 Å². The minimum Gasteiger partial charge on any atom is -0.332 e. The summed E-state index contributed by atoms with van der Waals surface area (Å²) in [7, 11) is 0. The molecule has 0 unspecified atom stereocenters. The fourth-order valence-electron chi connectivity index (χ4n) is 2.01. The smallest absolute Gasteiger partial charge is 0.292 e.